The number of aliphatic hydroxyl groups is 1. The van der Waals surface area contributed by atoms with Crippen molar-refractivity contribution in [1.29, 1.82) is 0 Å². The van der Waals surface area contributed by atoms with Crippen molar-refractivity contribution in [2.75, 3.05) is 0 Å². The van der Waals surface area contributed by atoms with Crippen molar-refractivity contribution in [3.63, 3.8) is 0 Å². The van der Waals surface area contributed by atoms with E-state index in [0.29, 0.717) is 18.1 Å². The zero-order valence-corrected chi connectivity index (χ0v) is 12.2. The Morgan fingerprint density at radius 1 is 1.32 bits per heavy atom. The van der Waals surface area contributed by atoms with Gasteiger partial charge in [0.1, 0.15) is 0 Å². The van der Waals surface area contributed by atoms with Crippen molar-refractivity contribution in [3.8, 4) is 0 Å². The van der Waals surface area contributed by atoms with Gasteiger partial charge in [-0.1, -0.05) is 24.6 Å². The molecule has 0 spiro atoms. The molecular formula is C16H20O2S. The van der Waals surface area contributed by atoms with E-state index < -0.39 is 0 Å². The van der Waals surface area contributed by atoms with E-state index >= 15 is 0 Å². The first-order valence-electron chi connectivity index (χ1n) is 6.68. The summed E-state index contributed by atoms with van der Waals surface area (Å²) in [4.78, 5) is 12.7. The number of carbonyl (C=O) groups excluding carboxylic acids is 1. The second kappa shape index (κ2) is 6.29. The van der Waals surface area contributed by atoms with Crippen LogP contribution in [-0.4, -0.2) is 16.1 Å². The fraction of sp³-hybridized carbons (Fsp3) is 0.438. The number of carbonyl (C=O) groups is 1. The Balaban J connectivity index is 1.87. The molecule has 1 aromatic carbocycles. The molecule has 0 saturated carbocycles. The third kappa shape index (κ3) is 4.43. The molecule has 1 N–H and O–H groups in total. The minimum Gasteiger partial charge on any atom is -0.512 e. The highest BCUT2D eigenvalue weighted by Gasteiger charge is 2.22. The summed E-state index contributed by atoms with van der Waals surface area (Å²) in [5.41, 5.74) is 1.27. The third-order valence-corrected chi connectivity index (χ3v) is 4.48. The van der Waals surface area contributed by atoms with E-state index in [1.807, 2.05) is 11.8 Å². The number of rotatable bonds is 4. The highest BCUT2D eigenvalue weighted by molar-refractivity contribution is 7.99. The smallest absolute Gasteiger partial charge is 0.159 e. The molecule has 1 aromatic rings. The molecule has 0 fully saturated rings. The fourth-order valence-corrected chi connectivity index (χ4v) is 3.62. The first kappa shape index (κ1) is 14.2. The lowest BCUT2D eigenvalue weighted by Gasteiger charge is -2.22. The van der Waals surface area contributed by atoms with Gasteiger partial charge in [0.2, 0.25) is 0 Å². The number of aryl methyl sites for hydroxylation is 1. The summed E-state index contributed by atoms with van der Waals surface area (Å²) in [6.07, 6.45) is 3.55. The summed E-state index contributed by atoms with van der Waals surface area (Å²) < 4.78 is 0. The summed E-state index contributed by atoms with van der Waals surface area (Å²) in [6, 6.07) is 8.52. The Morgan fingerprint density at radius 2 is 2.00 bits per heavy atom. The topological polar surface area (TPSA) is 37.3 Å². The molecule has 0 saturated heterocycles. The molecule has 102 valence electrons. The number of allylic oxidation sites excluding steroid dienone is 2. The van der Waals surface area contributed by atoms with Gasteiger partial charge in [-0.25, -0.2) is 0 Å². The molecule has 0 heterocycles. The highest BCUT2D eigenvalue weighted by Crippen LogP contribution is 2.32. The number of hydrogen-bond acceptors (Lipinski definition) is 3. The van der Waals surface area contributed by atoms with Gasteiger partial charge in [-0.15, -0.1) is 11.8 Å². The van der Waals surface area contributed by atoms with Gasteiger partial charge in [0.25, 0.3) is 0 Å². The normalized spacial score (nSPS) is 21.1. The molecule has 2 atom stereocenters. The van der Waals surface area contributed by atoms with Crippen LogP contribution in [0.4, 0.5) is 0 Å². The predicted molar refractivity (Wildman–Crippen MR) is 79.6 cm³/mol. The lowest BCUT2D eigenvalue weighted by Crippen LogP contribution is -2.17. The van der Waals surface area contributed by atoms with Gasteiger partial charge in [0.15, 0.2) is 5.78 Å². The quantitative estimate of drug-likeness (QED) is 0.834. The second-order valence-electron chi connectivity index (χ2n) is 5.35. The number of aliphatic hydroxyl groups excluding tert-OH is 1. The first-order valence-corrected chi connectivity index (χ1v) is 7.56. The van der Waals surface area contributed by atoms with E-state index in [9.17, 15) is 9.90 Å². The Hall–Kier alpha value is -1.22. The Bertz CT molecular complexity index is 476. The van der Waals surface area contributed by atoms with E-state index in [-0.39, 0.29) is 17.5 Å². The van der Waals surface area contributed by atoms with Crippen LogP contribution in [-0.2, 0) is 4.79 Å². The number of ketones is 1. The number of hydrogen-bond donors (Lipinski definition) is 1. The SMILES string of the molecule is Cc1ccc(SC(C)CC2CC(=O)C=C(O)C2)cc1. The van der Waals surface area contributed by atoms with Crippen LogP contribution < -0.4 is 0 Å². The van der Waals surface area contributed by atoms with Gasteiger partial charge in [0.05, 0.1) is 5.76 Å². The van der Waals surface area contributed by atoms with Crippen LogP contribution in [0.25, 0.3) is 0 Å². The summed E-state index contributed by atoms with van der Waals surface area (Å²) in [5.74, 6) is 0.584. The minimum absolute atomic E-state index is 0.0567. The summed E-state index contributed by atoms with van der Waals surface area (Å²) in [6.45, 7) is 4.27. The summed E-state index contributed by atoms with van der Waals surface area (Å²) in [5, 5.41) is 9.97. The average Bonchev–Trinajstić information content (AvgIpc) is 2.30. The van der Waals surface area contributed by atoms with E-state index in [1.165, 1.54) is 16.5 Å². The van der Waals surface area contributed by atoms with Crippen LogP contribution in [0.3, 0.4) is 0 Å². The molecule has 0 aromatic heterocycles. The molecule has 2 nitrogen and oxygen atoms in total. The number of benzene rings is 1. The minimum atomic E-state index is 0.0567. The largest absolute Gasteiger partial charge is 0.512 e. The Labute approximate surface area is 118 Å². The Kier molecular flexibility index (Phi) is 4.70. The lowest BCUT2D eigenvalue weighted by atomic mass is 9.89. The molecule has 0 bridgehead atoms. The molecule has 1 aliphatic carbocycles. The van der Waals surface area contributed by atoms with Crippen LogP contribution >= 0.6 is 11.8 Å². The number of thioether (sulfide) groups is 1. The van der Waals surface area contributed by atoms with Crippen LogP contribution in [0.15, 0.2) is 41.0 Å². The van der Waals surface area contributed by atoms with E-state index in [2.05, 4.69) is 38.1 Å². The van der Waals surface area contributed by atoms with Crippen molar-refractivity contribution < 1.29 is 9.90 Å². The van der Waals surface area contributed by atoms with Gasteiger partial charge in [0, 0.05) is 29.1 Å². The Morgan fingerprint density at radius 3 is 2.63 bits per heavy atom. The maximum Gasteiger partial charge on any atom is 0.159 e. The maximum absolute atomic E-state index is 11.4. The van der Waals surface area contributed by atoms with Crippen molar-refractivity contribution >= 4 is 17.5 Å². The van der Waals surface area contributed by atoms with Crippen molar-refractivity contribution in [2.45, 2.75) is 43.3 Å². The molecule has 0 radical (unpaired) electrons. The lowest BCUT2D eigenvalue weighted by molar-refractivity contribution is -0.116. The van der Waals surface area contributed by atoms with Gasteiger partial charge in [-0.05, 0) is 31.4 Å². The predicted octanol–water partition coefficient (Wildman–Crippen LogP) is 4.29. The average molecular weight is 276 g/mol. The fourth-order valence-electron chi connectivity index (χ4n) is 2.49. The van der Waals surface area contributed by atoms with Crippen LogP contribution in [0.5, 0.6) is 0 Å². The zero-order valence-electron chi connectivity index (χ0n) is 11.4. The molecule has 19 heavy (non-hydrogen) atoms. The van der Waals surface area contributed by atoms with Crippen LogP contribution in [0.1, 0.15) is 31.7 Å². The van der Waals surface area contributed by atoms with Crippen molar-refractivity contribution in [3.05, 3.63) is 41.7 Å². The van der Waals surface area contributed by atoms with Crippen molar-refractivity contribution in [2.24, 2.45) is 5.92 Å². The van der Waals surface area contributed by atoms with Crippen LogP contribution in [0, 0.1) is 12.8 Å². The van der Waals surface area contributed by atoms with Gasteiger partial charge >= 0.3 is 0 Å². The monoisotopic (exact) mass is 276 g/mol. The third-order valence-electron chi connectivity index (χ3n) is 3.34. The van der Waals surface area contributed by atoms with E-state index in [1.54, 1.807) is 0 Å². The van der Waals surface area contributed by atoms with Crippen molar-refractivity contribution in [1.82, 2.24) is 0 Å². The molecule has 2 unspecified atom stereocenters. The standard InChI is InChI=1S/C16H20O2S/c1-11-3-5-16(6-4-11)19-12(2)7-13-8-14(17)10-15(18)9-13/h3-6,10,12-13,17H,7-9H2,1-2H3. The maximum atomic E-state index is 11.4. The highest BCUT2D eigenvalue weighted by atomic mass is 32.2. The van der Waals surface area contributed by atoms with Gasteiger partial charge in [-0.3, -0.25) is 4.79 Å². The zero-order chi connectivity index (χ0) is 13.8. The molecular weight excluding hydrogens is 256 g/mol. The molecule has 0 aliphatic heterocycles. The first-order chi connectivity index (χ1) is 9.02. The second-order valence-corrected chi connectivity index (χ2v) is 6.87. The van der Waals surface area contributed by atoms with Gasteiger partial charge < -0.3 is 5.11 Å². The van der Waals surface area contributed by atoms with E-state index in [0.717, 1.165) is 6.42 Å². The van der Waals surface area contributed by atoms with Gasteiger partial charge in [-0.2, -0.15) is 0 Å². The van der Waals surface area contributed by atoms with Crippen LogP contribution in [0.2, 0.25) is 0 Å². The van der Waals surface area contributed by atoms with E-state index in [4.69, 9.17) is 0 Å². The molecule has 0 amide bonds. The molecule has 2 rings (SSSR count). The summed E-state index contributed by atoms with van der Waals surface area (Å²) in [7, 11) is 0. The molecule has 3 heteroatoms. The summed E-state index contributed by atoms with van der Waals surface area (Å²) >= 11 is 1.84. The molecule has 1 aliphatic rings.